The van der Waals surface area contributed by atoms with Gasteiger partial charge in [-0.05, 0) is 103 Å². The van der Waals surface area contributed by atoms with Crippen molar-refractivity contribution in [1.29, 1.82) is 0 Å². The number of fused-ring (bicyclic) bond motifs is 2. The molecule has 2 aliphatic rings. The molecule has 7 rings (SSSR count). The predicted octanol–water partition coefficient (Wildman–Crippen LogP) is 3.33. The average molecular weight is 1030 g/mol. The van der Waals surface area contributed by atoms with Crippen molar-refractivity contribution in [1.82, 2.24) is 4.90 Å². The van der Waals surface area contributed by atoms with Gasteiger partial charge in [-0.3, -0.25) is 4.79 Å². The van der Waals surface area contributed by atoms with Crippen LogP contribution in [-0.4, -0.2) is 52.3 Å². The lowest BCUT2D eigenvalue weighted by Crippen LogP contribution is -3.00. The van der Waals surface area contributed by atoms with Crippen LogP contribution in [0.25, 0.3) is 22.5 Å². The standard InChI is InChI=1S/C27H18O6S2.C18H22N2.C6H15N.2BrH/c28-26-20-10-4-6-12-22(20)34(30,31)24(26)16-14-19(18-8-2-1-3-9-18)15-17-25-27(29)21-11-5-7-13-23(21)35(25,32)33;1-15(2)13-19-9-5-17(6-10-19)18-7-11-20(12-8-18)14-16(3)4;1-4-7(5-2)6-3;;/h1-17,28H;5-12H,1,3,13-14H2,2,4H3;4-6H2,1-3H3;2*1H/q;+2;;;/p-2. The van der Waals surface area contributed by atoms with Gasteiger partial charge in [0.2, 0.25) is 25.5 Å². The smallest absolute Gasteiger partial charge is 0.211 e. The molecular weight excluding hydrogens is 975 g/mol. The van der Waals surface area contributed by atoms with Crippen LogP contribution in [0.5, 0.6) is 0 Å². The lowest BCUT2D eigenvalue weighted by molar-refractivity contribution is -0.689. The van der Waals surface area contributed by atoms with Gasteiger partial charge >= 0.3 is 0 Å². The Kier molecular flexibility index (Phi) is 20.0. The van der Waals surface area contributed by atoms with Crippen molar-refractivity contribution in [3.05, 3.63) is 203 Å². The molecule has 1 N–H and O–H groups in total. The summed E-state index contributed by atoms with van der Waals surface area (Å²) in [6.45, 7) is 23.8. The van der Waals surface area contributed by atoms with E-state index in [2.05, 4.69) is 97.0 Å². The number of hydrogen-bond donors (Lipinski definition) is 1. The van der Waals surface area contributed by atoms with E-state index in [-0.39, 0.29) is 70.5 Å². The highest BCUT2D eigenvalue weighted by Crippen LogP contribution is 2.39. The molecule has 9 nitrogen and oxygen atoms in total. The number of pyridine rings is 2. The summed E-state index contributed by atoms with van der Waals surface area (Å²) in [5, 5.41) is 10.6. The van der Waals surface area contributed by atoms with Gasteiger partial charge in [-0.2, -0.15) is 0 Å². The summed E-state index contributed by atoms with van der Waals surface area (Å²) in [7, 11) is -7.89. The van der Waals surface area contributed by atoms with Crippen LogP contribution in [-0.2, 0) is 32.8 Å². The van der Waals surface area contributed by atoms with Gasteiger partial charge in [0.25, 0.3) is 0 Å². The molecule has 3 aromatic carbocycles. The van der Waals surface area contributed by atoms with Gasteiger partial charge < -0.3 is 44.0 Å². The van der Waals surface area contributed by atoms with Crippen LogP contribution < -0.4 is 43.1 Å². The highest BCUT2D eigenvalue weighted by molar-refractivity contribution is 7.97. The molecule has 336 valence electrons. The minimum Gasteiger partial charge on any atom is -1.00 e. The molecule has 0 atom stereocenters. The zero-order chi connectivity index (χ0) is 45.0. The van der Waals surface area contributed by atoms with Gasteiger partial charge in [-0.15, -0.1) is 0 Å². The maximum atomic E-state index is 12.9. The van der Waals surface area contributed by atoms with E-state index in [1.54, 1.807) is 54.6 Å². The number of halogens is 2. The number of Topliss-reactive ketones (excluding diaryl/α,β-unsaturated/α-hetero) is 1. The number of allylic oxidation sites excluding steroid dienone is 8. The number of hydrogen-bond acceptors (Lipinski definition) is 7. The minimum absolute atomic E-state index is 0. The van der Waals surface area contributed by atoms with Crippen molar-refractivity contribution in [3.63, 3.8) is 0 Å². The fourth-order valence-corrected chi connectivity index (χ4v) is 9.99. The first-order chi connectivity index (χ1) is 29.6. The summed E-state index contributed by atoms with van der Waals surface area (Å²) in [5.41, 5.74) is 6.22. The maximum Gasteiger partial charge on any atom is 0.211 e. The van der Waals surface area contributed by atoms with Crippen molar-refractivity contribution < 1.29 is 69.8 Å². The number of carbonyl (C=O) groups excluding carboxylic acids is 1. The van der Waals surface area contributed by atoms with Crippen LogP contribution in [0.3, 0.4) is 0 Å². The molecule has 0 saturated carbocycles. The van der Waals surface area contributed by atoms with E-state index in [4.69, 9.17) is 0 Å². The van der Waals surface area contributed by atoms with Crippen LogP contribution >= 0.6 is 0 Å². The van der Waals surface area contributed by atoms with Crippen molar-refractivity contribution in [2.75, 3.05) is 19.6 Å². The summed E-state index contributed by atoms with van der Waals surface area (Å²) in [6, 6.07) is 29.6. The molecule has 0 spiro atoms. The van der Waals surface area contributed by atoms with Gasteiger partial charge in [0.1, 0.15) is 15.6 Å². The first-order valence-electron chi connectivity index (χ1n) is 20.4. The highest BCUT2D eigenvalue weighted by atomic mass is 79.9. The van der Waals surface area contributed by atoms with Crippen LogP contribution in [0.2, 0.25) is 0 Å². The summed E-state index contributed by atoms with van der Waals surface area (Å²) < 4.78 is 56.0. The SMILES string of the molecule is C=C(C)C[n+]1ccc(-c2cc[n+](CC(=C)C)cc2)cc1.CCN(CC)CC.O=C1C(=CC=C(C=CC2=C(O)c3ccccc3S2(=O)=O)c2ccccc2)S(=O)(=O)c2ccccc21.[Br-].[Br-]. The third kappa shape index (κ3) is 12.9. The first-order valence-corrected chi connectivity index (χ1v) is 23.4. The summed E-state index contributed by atoms with van der Waals surface area (Å²) in [4.78, 5) is 14.5. The van der Waals surface area contributed by atoms with Crippen molar-refractivity contribution >= 4 is 36.8 Å². The average Bonchev–Trinajstić information content (AvgIpc) is 3.58. The van der Waals surface area contributed by atoms with Gasteiger partial charge in [0.15, 0.2) is 37.9 Å². The largest absolute Gasteiger partial charge is 1.00 e. The van der Waals surface area contributed by atoms with Crippen LogP contribution in [0.4, 0.5) is 0 Å². The Bertz CT molecular complexity index is 2730. The Morgan fingerprint density at radius 3 is 1.50 bits per heavy atom. The molecule has 0 fully saturated rings. The molecule has 0 radical (unpaired) electrons. The predicted molar refractivity (Wildman–Crippen MR) is 248 cm³/mol. The fraction of sp³-hybridized carbons (Fsp3) is 0.196. The molecule has 2 aliphatic heterocycles. The number of benzene rings is 3. The normalized spacial score (nSPS) is 14.9. The van der Waals surface area contributed by atoms with Gasteiger partial charge in [0.05, 0.1) is 9.79 Å². The zero-order valence-electron chi connectivity index (χ0n) is 36.8. The van der Waals surface area contributed by atoms with E-state index in [1.165, 1.54) is 79.3 Å². The second-order valence-corrected chi connectivity index (χ2v) is 18.7. The molecule has 4 heterocycles. The van der Waals surface area contributed by atoms with Gasteiger partial charge in [0, 0.05) is 35.4 Å². The molecule has 13 heteroatoms. The number of aliphatic hydroxyl groups excluding tert-OH is 1. The number of aliphatic hydroxyl groups is 1. The summed E-state index contributed by atoms with van der Waals surface area (Å²) in [5.74, 6) is -0.950. The van der Waals surface area contributed by atoms with Crippen LogP contribution in [0, 0.1) is 0 Å². The van der Waals surface area contributed by atoms with Crippen molar-refractivity contribution in [3.8, 4) is 11.1 Å². The van der Waals surface area contributed by atoms with Gasteiger partial charge in [-0.1, -0.05) is 101 Å². The van der Waals surface area contributed by atoms with E-state index >= 15 is 0 Å². The van der Waals surface area contributed by atoms with Crippen molar-refractivity contribution in [2.45, 2.75) is 57.5 Å². The van der Waals surface area contributed by atoms with E-state index in [0.29, 0.717) is 11.1 Å². The lowest BCUT2D eigenvalue weighted by Gasteiger charge is -2.13. The number of rotatable bonds is 12. The fourth-order valence-electron chi connectivity index (χ4n) is 6.88. The molecule has 0 saturated heterocycles. The second kappa shape index (κ2) is 24.1. The molecule has 5 aromatic rings. The molecule has 2 aromatic heterocycles. The first kappa shape index (κ1) is 53.0. The Morgan fingerprint density at radius 2 is 1.08 bits per heavy atom. The van der Waals surface area contributed by atoms with Crippen LogP contribution in [0.1, 0.15) is 56.1 Å². The summed E-state index contributed by atoms with van der Waals surface area (Å²) in [6.07, 6.45) is 13.8. The Hall–Kier alpha value is -5.31. The molecule has 64 heavy (non-hydrogen) atoms. The monoisotopic (exact) mass is 1030 g/mol. The second-order valence-electron chi connectivity index (χ2n) is 14.9. The zero-order valence-corrected chi connectivity index (χ0v) is 41.6. The molecule has 0 bridgehead atoms. The van der Waals surface area contributed by atoms with E-state index in [0.717, 1.165) is 24.2 Å². The lowest BCUT2D eigenvalue weighted by atomic mass is 10.0. The Balaban J connectivity index is 0.000000318. The number of aromatic nitrogens is 2. The van der Waals surface area contributed by atoms with Gasteiger partial charge in [-0.25, -0.2) is 26.0 Å². The quantitative estimate of drug-likeness (QED) is 0.0884. The van der Waals surface area contributed by atoms with E-state index < -0.39 is 25.5 Å². The minimum atomic E-state index is -3.97. The van der Waals surface area contributed by atoms with Crippen LogP contribution in [0.15, 0.2) is 196 Å². The maximum absolute atomic E-state index is 12.9. The number of ketones is 1. The topological polar surface area (TPSA) is 117 Å². The number of carbonyl (C=O) groups is 1. The summed E-state index contributed by atoms with van der Waals surface area (Å²) >= 11 is 0. The molecule has 0 unspecified atom stereocenters. The third-order valence-electron chi connectivity index (χ3n) is 10.2. The Morgan fingerprint density at radius 1 is 0.641 bits per heavy atom. The Labute approximate surface area is 400 Å². The highest BCUT2D eigenvalue weighted by Gasteiger charge is 2.38. The molecule has 0 amide bonds. The molecular formula is C51H55Br2N3O6S2. The number of sulfone groups is 2. The van der Waals surface area contributed by atoms with E-state index in [9.17, 15) is 26.7 Å². The van der Waals surface area contributed by atoms with Crippen molar-refractivity contribution in [2.24, 2.45) is 0 Å². The molecule has 0 aliphatic carbocycles. The third-order valence-corrected chi connectivity index (χ3v) is 13.9. The van der Waals surface area contributed by atoms with E-state index in [1.807, 2.05) is 13.8 Å². The number of nitrogens with zero attached hydrogens (tertiary/aromatic N) is 3.